The molecule has 0 unspecified atom stereocenters. The summed E-state index contributed by atoms with van der Waals surface area (Å²) >= 11 is 9.26. The van der Waals surface area contributed by atoms with Crippen LogP contribution in [0.1, 0.15) is 26.3 Å². The molecule has 0 aromatic heterocycles. The molecule has 0 saturated carbocycles. The van der Waals surface area contributed by atoms with Gasteiger partial charge in [0.25, 0.3) is 5.91 Å². The number of methoxy groups -OCH3 is 1. The Morgan fingerprint density at radius 1 is 1.03 bits per heavy atom. The van der Waals surface area contributed by atoms with Crippen LogP contribution in [0.4, 0.5) is 0 Å². The third-order valence-corrected chi connectivity index (χ3v) is 4.69. The summed E-state index contributed by atoms with van der Waals surface area (Å²) in [5.41, 5.74) is 3.67. The molecule has 152 valence electrons. The Kier molecular flexibility index (Phi) is 7.21. The number of esters is 1. The quantitative estimate of drug-likeness (QED) is 0.227. The van der Waals surface area contributed by atoms with E-state index in [9.17, 15) is 9.59 Å². The van der Waals surface area contributed by atoms with Crippen LogP contribution < -0.4 is 14.9 Å². The highest BCUT2D eigenvalue weighted by molar-refractivity contribution is 9.10. The van der Waals surface area contributed by atoms with Crippen molar-refractivity contribution < 1.29 is 19.1 Å². The molecule has 0 spiro atoms. The van der Waals surface area contributed by atoms with Crippen molar-refractivity contribution in [2.75, 3.05) is 7.11 Å². The lowest BCUT2D eigenvalue weighted by Gasteiger charge is -2.08. The van der Waals surface area contributed by atoms with Gasteiger partial charge in [0.1, 0.15) is 11.5 Å². The molecule has 1 amide bonds. The van der Waals surface area contributed by atoms with Crippen LogP contribution in [0.3, 0.4) is 0 Å². The summed E-state index contributed by atoms with van der Waals surface area (Å²) < 4.78 is 11.3. The maximum atomic E-state index is 12.4. The molecule has 0 heterocycles. The number of nitrogens with zero attached hydrogens (tertiary/aromatic N) is 1. The standard InChI is InChI=1S/C22H16BrClN2O4/c1-29-19-8-5-14(6-9-19)22(28)30-20-10-7-17(23)11-16(20)13-25-26-21(27)15-3-2-4-18(24)12-15/h2-13H,1H3,(H,26,27)/b25-13-. The Bertz CT molecular complexity index is 1100. The number of carbonyl (C=O) groups is 2. The summed E-state index contributed by atoms with van der Waals surface area (Å²) in [5.74, 6) is -0.0173. The average Bonchev–Trinajstić information content (AvgIpc) is 2.75. The molecular weight excluding hydrogens is 472 g/mol. The lowest BCUT2D eigenvalue weighted by molar-refractivity contribution is 0.0734. The normalized spacial score (nSPS) is 10.6. The van der Waals surface area contributed by atoms with E-state index in [1.165, 1.54) is 12.3 Å². The number of amides is 1. The van der Waals surface area contributed by atoms with Gasteiger partial charge in [-0.2, -0.15) is 5.10 Å². The third-order valence-electron chi connectivity index (χ3n) is 3.96. The Hall–Kier alpha value is -3.16. The van der Waals surface area contributed by atoms with Crippen molar-refractivity contribution in [3.05, 3.63) is 92.9 Å². The van der Waals surface area contributed by atoms with Gasteiger partial charge in [0.2, 0.25) is 0 Å². The van der Waals surface area contributed by atoms with E-state index in [4.69, 9.17) is 21.1 Å². The van der Waals surface area contributed by atoms with Crippen LogP contribution in [-0.4, -0.2) is 25.2 Å². The Balaban J connectivity index is 1.73. The summed E-state index contributed by atoms with van der Waals surface area (Å²) in [5, 5.41) is 4.41. The maximum absolute atomic E-state index is 12.4. The smallest absolute Gasteiger partial charge is 0.343 e. The minimum absolute atomic E-state index is 0.291. The van der Waals surface area contributed by atoms with Crippen molar-refractivity contribution in [3.63, 3.8) is 0 Å². The van der Waals surface area contributed by atoms with Crippen LogP contribution in [0.5, 0.6) is 11.5 Å². The minimum Gasteiger partial charge on any atom is -0.497 e. The van der Waals surface area contributed by atoms with Gasteiger partial charge < -0.3 is 9.47 Å². The van der Waals surface area contributed by atoms with E-state index < -0.39 is 11.9 Å². The zero-order chi connectivity index (χ0) is 21.5. The second-order valence-corrected chi connectivity index (χ2v) is 7.36. The van der Waals surface area contributed by atoms with Gasteiger partial charge in [-0.3, -0.25) is 4.79 Å². The number of benzene rings is 3. The second kappa shape index (κ2) is 10.0. The fraction of sp³-hybridized carbons (Fsp3) is 0.0455. The summed E-state index contributed by atoms with van der Waals surface area (Å²) in [6, 6.07) is 18.1. The average molecular weight is 488 g/mol. The van der Waals surface area contributed by atoms with Crippen molar-refractivity contribution in [3.8, 4) is 11.5 Å². The van der Waals surface area contributed by atoms with Gasteiger partial charge in [0, 0.05) is 20.6 Å². The monoisotopic (exact) mass is 486 g/mol. The van der Waals surface area contributed by atoms with E-state index in [1.807, 2.05) is 0 Å². The molecule has 3 rings (SSSR count). The number of hydrogen-bond acceptors (Lipinski definition) is 5. The van der Waals surface area contributed by atoms with Crippen molar-refractivity contribution in [1.29, 1.82) is 0 Å². The first kappa shape index (κ1) is 21.5. The van der Waals surface area contributed by atoms with E-state index in [0.717, 1.165) is 4.47 Å². The molecule has 0 aliphatic carbocycles. The first-order valence-corrected chi connectivity index (χ1v) is 9.88. The van der Waals surface area contributed by atoms with Crippen LogP contribution in [0.25, 0.3) is 0 Å². The molecule has 0 saturated heterocycles. The van der Waals surface area contributed by atoms with Gasteiger partial charge in [-0.25, -0.2) is 10.2 Å². The summed E-state index contributed by atoms with van der Waals surface area (Å²) in [6.45, 7) is 0. The zero-order valence-electron chi connectivity index (χ0n) is 15.8. The lowest BCUT2D eigenvalue weighted by Crippen LogP contribution is -2.17. The number of halogens is 2. The predicted octanol–water partition coefficient (Wildman–Crippen LogP) is 5.09. The second-order valence-electron chi connectivity index (χ2n) is 6.01. The van der Waals surface area contributed by atoms with Gasteiger partial charge in [-0.1, -0.05) is 33.6 Å². The van der Waals surface area contributed by atoms with Crippen molar-refractivity contribution in [2.24, 2.45) is 5.10 Å². The number of ether oxygens (including phenoxy) is 2. The SMILES string of the molecule is COc1ccc(C(=O)Oc2ccc(Br)cc2/C=N\NC(=O)c2cccc(Cl)c2)cc1. The summed E-state index contributed by atoms with van der Waals surface area (Å²) in [4.78, 5) is 24.6. The topological polar surface area (TPSA) is 77.0 Å². The molecule has 3 aromatic rings. The van der Waals surface area contributed by atoms with Crippen molar-refractivity contribution in [1.82, 2.24) is 5.43 Å². The van der Waals surface area contributed by atoms with Gasteiger partial charge in [-0.15, -0.1) is 0 Å². The van der Waals surface area contributed by atoms with Crippen LogP contribution in [0.15, 0.2) is 76.3 Å². The van der Waals surface area contributed by atoms with E-state index in [1.54, 1.807) is 67.8 Å². The third kappa shape index (κ3) is 5.68. The fourth-order valence-corrected chi connectivity index (χ4v) is 3.02. The fourth-order valence-electron chi connectivity index (χ4n) is 2.45. The molecule has 0 fully saturated rings. The van der Waals surface area contributed by atoms with Gasteiger partial charge in [0.05, 0.1) is 18.9 Å². The number of carbonyl (C=O) groups excluding carboxylic acids is 2. The Morgan fingerprint density at radius 3 is 2.50 bits per heavy atom. The van der Waals surface area contributed by atoms with Crippen molar-refractivity contribution in [2.45, 2.75) is 0 Å². The van der Waals surface area contributed by atoms with Crippen LogP contribution in [0.2, 0.25) is 5.02 Å². The van der Waals surface area contributed by atoms with Crippen LogP contribution in [-0.2, 0) is 0 Å². The number of nitrogens with one attached hydrogen (secondary N) is 1. The van der Waals surface area contributed by atoms with Crippen molar-refractivity contribution >= 4 is 45.6 Å². The first-order valence-electron chi connectivity index (χ1n) is 8.71. The summed E-state index contributed by atoms with van der Waals surface area (Å²) in [7, 11) is 1.55. The first-order chi connectivity index (χ1) is 14.5. The molecule has 0 aliphatic heterocycles. The van der Waals surface area contributed by atoms with Gasteiger partial charge in [-0.05, 0) is 60.7 Å². The van der Waals surface area contributed by atoms with Crippen LogP contribution >= 0.6 is 27.5 Å². The molecule has 0 atom stereocenters. The van der Waals surface area contributed by atoms with E-state index in [0.29, 0.717) is 33.2 Å². The maximum Gasteiger partial charge on any atom is 0.343 e. The highest BCUT2D eigenvalue weighted by Gasteiger charge is 2.12. The van der Waals surface area contributed by atoms with Crippen LogP contribution in [0, 0.1) is 0 Å². The molecule has 0 aliphatic rings. The van der Waals surface area contributed by atoms with E-state index in [-0.39, 0.29) is 0 Å². The Labute approximate surface area is 186 Å². The number of hydrazone groups is 1. The molecule has 0 bridgehead atoms. The largest absolute Gasteiger partial charge is 0.497 e. The number of rotatable bonds is 6. The molecule has 3 aromatic carbocycles. The highest BCUT2D eigenvalue weighted by atomic mass is 79.9. The summed E-state index contributed by atoms with van der Waals surface area (Å²) in [6.07, 6.45) is 1.39. The van der Waals surface area contributed by atoms with E-state index in [2.05, 4.69) is 26.5 Å². The number of hydrogen-bond donors (Lipinski definition) is 1. The Morgan fingerprint density at radius 2 is 1.80 bits per heavy atom. The minimum atomic E-state index is -0.530. The molecule has 6 nitrogen and oxygen atoms in total. The van der Waals surface area contributed by atoms with Gasteiger partial charge in [0.15, 0.2) is 0 Å². The van der Waals surface area contributed by atoms with Gasteiger partial charge >= 0.3 is 5.97 Å². The molecular formula is C22H16BrClN2O4. The predicted molar refractivity (Wildman–Crippen MR) is 119 cm³/mol. The lowest BCUT2D eigenvalue weighted by atomic mass is 10.2. The zero-order valence-corrected chi connectivity index (χ0v) is 18.1. The highest BCUT2D eigenvalue weighted by Crippen LogP contribution is 2.23. The van der Waals surface area contributed by atoms with E-state index >= 15 is 0 Å². The molecule has 30 heavy (non-hydrogen) atoms. The molecule has 0 radical (unpaired) electrons. The molecule has 8 heteroatoms. The molecule has 1 N–H and O–H groups in total.